The minimum Gasteiger partial charge on any atom is -0.308 e. The quantitative estimate of drug-likeness (QED) is 0.785. The molecule has 3 aromatic rings. The Hall–Kier alpha value is -2.88. The lowest BCUT2D eigenvalue weighted by molar-refractivity contribution is -0.118. The summed E-state index contributed by atoms with van der Waals surface area (Å²) in [5.74, 6) is 0.0410. The van der Waals surface area contributed by atoms with Crippen LogP contribution in [0.1, 0.15) is 11.3 Å². The maximum absolute atomic E-state index is 12.7. The minimum absolute atomic E-state index is 0.0410. The molecule has 4 nitrogen and oxygen atoms in total. The number of amides is 1. The van der Waals surface area contributed by atoms with E-state index in [0.29, 0.717) is 13.0 Å². The number of rotatable bonds is 5. The summed E-state index contributed by atoms with van der Waals surface area (Å²) in [5.41, 5.74) is 2.82. The van der Waals surface area contributed by atoms with Gasteiger partial charge >= 0.3 is 0 Å². The molecule has 2 aromatic carbocycles. The molecule has 0 radical (unpaired) electrons. The van der Waals surface area contributed by atoms with Gasteiger partial charge in [-0.2, -0.15) is 5.10 Å². The van der Waals surface area contributed by atoms with Gasteiger partial charge < -0.3 is 4.90 Å². The van der Waals surface area contributed by atoms with Gasteiger partial charge in [0.25, 0.3) is 0 Å². The van der Waals surface area contributed by atoms with E-state index in [1.54, 1.807) is 11.1 Å². The van der Waals surface area contributed by atoms with E-state index in [4.69, 9.17) is 0 Å². The van der Waals surface area contributed by atoms with Crippen molar-refractivity contribution < 1.29 is 4.79 Å². The van der Waals surface area contributed by atoms with E-state index in [2.05, 4.69) is 10.2 Å². The number of hydrogen-bond donors (Lipinski definition) is 1. The van der Waals surface area contributed by atoms with E-state index >= 15 is 0 Å². The molecule has 0 unspecified atom stereocenters. The number of para-hydroxylation sites is 1. The third-order valence-electron chi connectivity index (χ3n) is 3.45. The fourth-order valence-electron chi connectivity index (χ4n) is 2.34. The van der Waals surface area contributed by atoms with E-state index < -0.39 is 0 Å². The minimum atomic E-state index is 0.0410. The molecule has 0 saturated carbocycles. The van der Waals surface area contributed by atoms with Gasteiger partial charge in [0.1, 0.15) is 0 Å². The van der Waals surface area contributed by atoms with Crippen LogP contribution in [0, 0.1) is 0 Å². The predicted octanol–water partition coefficient (Wildman–Crippen LogP) is 3.19. The number of H-pyrrole nitrogens is 1. The Morgan fingerprint density at radius 1 is 0.955 bits per heavy atom. The summed E-state index contributed by atoms with van der Waals surface area (Å²) in [4.78, 5) is 14.5. The van der Waals surface area contributed by atoms with E-state index in [1.165, 1.54) is 0 Å². The Bertz CT molecular complexity index is 709. The lowest BCUT2D eigenvalue weighted by Gasteiger charge is -2.23. The molecule has 0 aliphatic carbocycles. The van der Waals surface area contributed by atoms with Crippen molar-refractivity contribution in [1.82, 2.24) is 10.2 Å². The van der Waals surface area contributed by atoms with Gasteiger partial charge in [-0.15, -0.1) is 0 Å². The second-order valence-electron chi connectivity index (χ2n) is 5.06. The number of nitrogens with one attached hydrogen (secondary N) is 1. The largest absolute Gasteiger partial charge is 0.308 e. The third kappa shape index (κ3) is 3.41. The standard InChI is InChI=1S/C18H17N3O/c22-18(13-16-11-12-19-20-16)21(17-9-5-2-6-10-17)14-15-7-3-1-4-8-15/h1-12H,13-14H2,(H,19,20). The Morgan fingerprint density at radius 2 is 1.64 bits per heavy atom. The monoisotopic (exact) mass is 291 g/mol. The highest BCUT2D eigenvalue weighted by atomic mass is 16.2. The van der Waals surface area contributed by atoms with Crippen molar-refractivity contribution in [3.8, 4) is 0 Å². The molecule has 0 aliphatic rings. The van der Waals surface area contributed by atoms with Gasteiger partial charge in [0.2, 0.25) is 5.91 Å². The zero-order valence-corrected chi connectivity index (χ0v) is 12.1. The molecule has 0 saturated heterocycles. The van der Waals surface area contributed by atoms with Crippen LogP contribution in [0.25, 0.3) is 0 Å². The molecule has 22 heavy (non-hydrogen) atoms. The van der Waals surface area contributed by atoms with E-state index in [0.717, 1.165) is 16.9 Å². The number of carbonyl (C=O) groups is 1. The van der Waals surface area contributed by atoms with Gasteiger partial charge in [0.05, 0.1) is 13.0 Å². The summed E-state index contributed by atoms with van der Waals surface area (Å²) in [5, 5.41) is 6.74. The number of aromatic nitrogens is 2. The van der Waals surface area contributed by atoms with Crippen LogP contribution < -0.4 is 4.90 Å². The van der Waals surface area contributed by atoms with E-state index in [-0.39, 0.29) is 5.91 Å². The van der Waals surface area contributed by atoms with Gasteiger partial charge in [0.15, 0.2) is 0 Å². The van der Waals surface area contributed by atoms with Crippen LogP contribution in [0.4, 0.5) is 5.69 Å². The van der Waals surface area contributed by atoms with Crippen molar-refractivity contribution in [2.75, 3.05) is 4.90 Å². The van der Waals surface area contributed by atoms with Gasteiger partial charge in [-0.3, -0.25) is 9.89 Å². The molecule has 1 amide bonds. The zero-order valence-electron chi connectivity index (χ0n) is 12.1. The van der Waals surface area contributed by atoms with Gasteiger partial charge in [-0.25, -0.2) is 0 Å². The highest BCUT2D eigenvalue weighted by Crippen LogP contribution is 2.18. The number of nitrogens with zero attached hydrogens (tertiary/aromatic N) is 2. The number of carbonyl (C=O) groups excluding carboxylic acids is 1. The van der Waals surface area contributed by atoms with E-state index in [1.807, 2.05) is 66.7 Å². The van der Waals surface area contributed by atoms with Crippen LogP contribution in [0.15, 0.2) is 72.9 Å². The Morgan fingerprint density at radius 3 is 2.27 bits per heavy atom. The van der Waals surface area contributed by atoms with E-state index in [9.17, 15) is 4.79 Å². The molecular formula is C18H17N3O. The molecule has 0 spiro atoms. The van der Waals surface area contributed by atoms with Crippen molar-refractivity contribution in [3.05, 3.63) is 84.2 Å². The number of hydrogen-bond acceptors (Lipinski definition) is 2. The molecule has 0 atom stereocenters. The summed E-state index contributed by atoms with van der Waals surface area (Å²) < 4.78 is 0. The van der Waals surface area contributed by atoms with Crippen molar-refractivity contribution in [2.45, 2.75) is 13.0 Å². The third-order valence-corrected chi connectivity index (χ3v) is 3.45. The Balaban J connectivity index is 1.84. The van der Waals surface area contributed by atoms with Gasteiger partial charge in [0, 0.05) is 17.6 Å². The highest BCUT2D eigenvalue weighted by Gasteiger charge is 2.17. The van der Waals surface area contributed by atoms with Crippen LogP contribution in [-0.2, 0) is 17.8 Å². The summed E-state index contributed by atoms with van der Waals surface area (Å²) in [7, 11) is 0. The summed E-state index contributed by atoms with van der Waals surface area (Å²) in [6, 6.07) is 21.6. The summed E-state index contributed by atoms with van der Waals surface area (Å²) in [6.45, 7) is 0.553. The SMILES string of the molecule is O=C(Cc1ccn[nH]1)N(Cc1ccccc1)c1ccccc1. The van der Waals surface area contributed by atoms with Crippen molar-refractivity contribution >= 4 is 11.6 Å². The van der Waals surface area contributed by atoms with Crippen LogP contribution in [0.2, 0.25) is 0 Å². The lowest BCUT2D eigenvalue weighted by atomic mass is 10.1. The molecular weight excluding hydrogens is 274 g/mol. The van der Waals surface area contributed by atoms with Crippen molar-refractivity contribution in [2.24, 2.45) is 0 Å². The second-order valence-corrected chi connectivity index (χ2v) is 5.06. The molecule has 3 rings (SSSR count). The molecule has 110 valence electrons. The average molecular weight is 291 g/mol. The smallest absolute Gasteiger partial charge is 0.233 e. The predicted molar refractivity (Wildman–Crippen MR) is 86.4 cm³/mol. The normalized spacial score (nSPS) is 10.4. The van der Waals surface area contributed by atoms with Crippen LogP contribution in [-0.4, -0.2) is 16.1 Å². The molecule has 0 aliphatic heterocycles. The molecule has 1 heterocycles. The zero-order chi connectivity index (χ0) is 15.2. The van der Waals surface area contributed by atoms with Crippen molar-refractivity contribution in [1.29, 1.82) is 0 Å². The number of anilines is 1. The van der Waals surface area contributed by atoms with Crippen molar-refractivity contribution in [3.63, 3.8) is 0 Å². The van der Waals surface area contributed by atoms with Gasteiger partial charge in [-0.05, 0) is 23.8 Å². The van der Waals surface area contributed by atoms with Crippen LogP contribution >= 0.6 is 0 Å². The summed E-state index contributed by atoms with van der Waals surface area (Å²) in [6.07, 6.45) is 1.97. The fraction of sp³-hybridized carbons (Fsp3) is 0.111. The number of aromatic amines is 1. The summed E-state index contributed by atoms with van der Waals surface area (Å²) >= 11 is 0. The fourth-order valence-corrected chi connectivity index (χ4v) is 2.34. The molecule has 0 fully saturated rings. The first-order valence-electron chi connectivity index (χ1n) is 7.20. The molecule has 4 heteroatoms. The Labute approximate surface area is 129 Å². The van der Waals surface area contributed by atoms with Crippen LogP contribution in [0.3, 0.4) is 0 Å². The first-order valence-corrected chi connectivity index (χ1v) is 7.20. The highest BCUT2D eigenvalue weighted by molar-refractivity contribution is 5.94. The maximum Gasteiger partial charge on any atom is 0.233 e. The maximum atomic E-state index is 12.7. The Kier molecular flexibility index (Phi) is 4.30. The lowest BCUT2D eigenvalue weighted by Crippen LogP contribution is -2.31. The number of benzene rings is 2. The first-order chi connectivity index (χ1) is 10.8. The van der Waals surface area contributed by atoms with Crippen LogP contribution in [0.5, 0.6) is 0 Å². The molecule has 1 aromatic heterocycles. The average Bonchev–Trinajstić information content (AvgIpc) is 3.07. The second kappa shape index (κ2) is 6.72. The van der Waals surface area contributed by atoms with Gasteiger partial charge in [-0.1, -0.05) is 48.5 Å². The first kappa shape index (κ1) is 14.1. The molecule has 0 bridgehead atoms. The molecule has 1 N–H and O–H groups in total. The topological polar surface area (TPSA) is 49.0 Å².